The molecule has 0 aromatic carbocycles. The molecular formula is C20H30O2. The minimum Gasteiger partial charge on any atom is -0.385 e. The maximum absolute atomic E-state index is 12.5. The molecule has 1 spiro atoms. The van der Waals surface area contributed by atoms with E-state index in [4.69, 9.17) is 0 Å². The molecule has 0 aliphatic heterocycles. The Hall–Kier alpha value is -0.630. The highest BCUT2D eigenvalue weighted by Gasteiger charge is 2.65. The first-order valence-corrected chi connectivity index (χ1v) is 9.04. The van der Waals surface area contributed by atoms with Crippen LogP contribution < -0.4 is 0 Å². The van der Waals surface area contributed by atoms with Gasteiger partial charge in [0.05, 0.1) is 0 Å². The van der Waals surface area contributed by atoms with Gasteiger partial charge in [0.1, 0.15) is 6.10 Å². The second kappa shape index (κ2) is 4.06. The Balaban J connectivity index is 1.78. The molecular weight excluding hydrogens is 272 g/mol. The molecule has 2 bridgehead atoms. The number of fused-ring (bicyclic) bond motifs is 3. The summed E-state index contributed by atoms with van der Waals surface area (Å²) in [5.74, 6) is 1.15. The predicted molar refractivity (Wildman–Crippen MR) is 87.3 cm³/mol. The van der Waals surface area contributed by atoms with Crippen LogP contribution in [0.1, 0.15) is 66.2 Å². The molecule has 0 aromatic heterocycles. The molecule has 22 heavy (non-hydrogen) atoms. The smallest absolute Gasteiger partial charge is 0.162 e. The molecule has 0 saturated heterocycles. The predicted octanol–water partition coefficient (Wildman–Crippen LogP) is 4.13. The van der Waals surface area contributed by atoms with Gasteiger partial charge in [-0.1, -0.05) is 39.8 Å². The van der Waals surface area contributed by atoms with Gasteiger partial charge in [-0.2, -0.15) is 0 Å². The Bertz CT molecular complexity index is 562. The van der Waals surface area contributed by atoms with Crippen LogP contribution in [0.15, 0.2) is 12.2 Å². The van der Waals surface area contributed by atoms with Crippen molar-refractivity contribution < 1.29 is 9.90 Å². The lowest BCUT2D eigenvalue weighted by atomic mass is 9.40. The number of Topliss-reactive ketones (excluding diaryl/α,β-unsaturated/α-hetero) is 1. The number of carbonyl (C=O) groups excluding carboxylic acids is 1. The molecule has 122 valence electrons. The van der Waals surface area contributed by atoms with Gasteiger partial charge in [-0.25, -0.2) is 0 Å². The molecule has 2 nitrogen and oxygen atoms in total. The zero-order valence-electron chi connectivity index (χ0n) is 14.5. The number of allylic oxidation sites excluding steroid dienone is 2. The summed E-state index contributed by atoms with van der Waals surface area (Å²) in [7, 11) is 0. The minimum absolute atomic E-state index is 0.0636. The average Bonchev–Trinajstić information content (AvgIpc) is 2.66. The van der Waals surface area contributed by atoms with E-state index in [-0.39, 0.29) is 16.6 Å². The third-order valence-corrected chi connectivity index (χ3v) is 8.20. The summed E-state index contributed by atoms with van der Waals surface area (Å²) in [4.78, 5) is 12.5. The van der Waals surface area contributed by atoms with Crippen LogP contribution in [-0.2, 0) is 4.79 Å². The Kier molecular flexibility index (Phi) is 2.76. The van der Waals surface area contributed by atoms with Crippen molar-refractivity contribution >= 4 is 5.78 Å². The minimum atomic E-state index is -0.771. The van der Waals surface area contributed by atoms with E-state index in [2.05, 4.69) is 39.8 Å². The van der Waals surface area contributed by atoms with Crippen LogP contribution in [0.2, 0.25) is 0 Å². The van der Waals surface area contributed by atoms with Gasteiger partial charge in [0, 0.05) is 11.8 Å². The van der Waals surface area contributed by atoms with Gasteiger partial charge in [0.15, 0.2) is 5.78 Å². The normalized spacial score (nSPS) is 55.7. The van der Waals surface area contributed by atoms with Gasteiger partial charge in [-0.15, -0.1) is 0 Å². The monoisotopic (exact) mass is 302 g/mol. The molecule has 0 heterocycles. The molecule has 3 fully saturated rings. The molecule has 4 aliphatic carbocycles. The van der Waals surface area contributed by atoms with Gasteiger partial charge in [-0.3, -0.25) is 4.79 Å². The van der Waals surface area contributed by atoms with Crippen molar-refractivity contribution in [1.29, 1.82) is 0 Å². The van der Waals surface area contributed by atoms with E-state index >= 15 is 0 Å². The van der Waals surface area contributed by atoms with Crippen molar-refractivity contribution in [2.75, 3.05) is 0 Å². The van der Waals surface area contributed by atoms with Crippen molar-refractivity contribution in [3.8, 4) is 0 Å². The molecule has 0 radical (unpaired) electrons. The highest BCUT2D eigenvalue weighted by molar-refractivity contribution is 5.85. The average molecular weight is 302 g/mol. The molecule has 4 aliphatic rings. The fraction of sp³-hybridized carbons (Fsp3) is 0.850. The first-order valence-electron chi connectivity index (χ1n) is 9.04. The van der Waals surface area contributed by atoms with E-state index < -0.39 is 6.10 Å². The summed E-state index contributed by atoms with van der Waals surface area (Å²) in [5.41, 5.74) is 0.507. The van der Waals surface area contributed by atoms with Crippen molar-refractivity contribution in [3.05, 3.63) is 12.2 Å². The number of aliphatic hydroxyl groups is 1. The van der Waals surface area contributed by atoms with Gasteiger partial charge in [0.2, 0.25) is 0 Å². The fourth-order valence-electron chi connectivity index (χ4n) is 7.27. The molecule has 2 heteroatoms. The van der Waals surface area contributed by atoms with Crippen LogP contribution in [0.3, 0.4) is 0 Å². The first kappa shape index (κ1) is 14.9. The lowest BCUT2D eigenvalue weighted by Gasteiger charge is -2.64. The summed E-state index contributed by atoms with van der Waals surface area (Å²) in [6, 6.07) is 0. The van der Waals surface area contributed by atoms with Gasteiger partial charge < -0.3 is 5.11 Å². The second-order valence-corrected chi connectivity index (χ2v) is 9.95. The molecule has 4 rings (SSSR count). The molecule has 0 aromatic rings. The SMILES string of the molecule is CC1(C)[C@@H](O)C(=O)C[C@@]2(C)[C@@H]3CC[C@]4(C)C=C[C@@]3(CC[C@@H]12)C4. The molecule has 6 atom stereocenters. The summed E-state index contributed by atoms with van der Waals surface area (Å²) in [6.45, 7) is 9.01. The Morgan fingerprint density at radius 3 is 2.45 bits per heavy atom. The highest BCUT2D eigenvalue weighted by atomic mass is 16.3. The zero-order chi connectivity index (χ0) is 16.0. The van der Waals surface area contributed by atoms with Gasteiger partial charge >= 0.3 is 0 Å². The molecule has 0 unspecified atom stereocenters. The van der Waals surface area contributed by atoms with E-state index in [0.29, 0.717) is 29.1 Å². The summed E-state index contributed by atoms with van der Waals surface area (Å²) in [5, 5.41) is 10.5. The quantitative estimate of drug-likeness (QED) is 0.683. The second-order valence-electron chi connectivity index (χ2n) is 9.95. The maximum atomic E-state index is 12.5. The van der Waals surface area contributed by atoms with Crippen molar-refractivity contribution in [2.45, 2.75) is 72.3 Å². The molecule has 1 N–H and O–H groups in total. The summed E-state index contributed by atoms with van der Waals surface area (Å²) >= 11 is 0. The van der Waals surface area contributed by atoms with Gasteiger partial charge in [0.25, 0.3) is 0 Å². The molecule has 3 saturated carbocycles. The third-order valence-electron chi connectivity index (χ3n) is 8.20. The number of hydrogen-bond donors (Lipinski definition) is 1. The lowest BCUT2D eigenvalue weighted by Crippen LogP contribution is -2.62. The van der Waals surface area contributed by atoms with E-state index in [1.165, 1.54) is 25.7 Å². The number of carbonyl (C=O) groups is 1. The Morgan fingerprint density at radius 2 is 1.73 bits per heavy atom. The van der Waals surface area contributed by atoms with Crippen LogP contribution in [0.5, 0.6) is 0 Å². The van der Waals surface area contributed by atoms with Crippen LogP contribution >= 0.6 is 0 Å². The number of rotatable bonds is 0. The summed E-state index contributed by atoms with van der Waals surface area (Å²) < 4.78 is 0. The molecule has 0 amide bonds. The number of ketones is 1. The van der Waals surface area contributed by atoms with Crippen molar-refractivity contribution in [3.63, 3.8) is 0 Å². The standard InChI is InChI=1S/C20H30O2/c1-17(2)14-6-8-20-10-9-18(3,12-20)7-5-15(20)19(14,4)11-13(21)16(17)22/h9-10,14-16,22H,5-8,11-12H2,1-4H3/t14-,15-,16-,18+,19+,20-/m0/s1. The van der Waals surface area contributed by atoms with E-state index in [1.807, 2.05) is 0 Å². The van der Waals surface area contributed by atoms with Crippen molar-refractivity contribution in [2.24, 2.45) is 33.5 Å². The highest BCUT2D eigenvalue weighted by Crippen LogP contribution is 2.71. The Morgan fingerprint density at radius 1 is 1.05 bits per heavy atom. The fourth-order valence-corrected chi connectivity index (χ4v) is 7.27. The van der Waals surface area contributed by atoms with Gasteiger partial charge in [-0.05, 0) is 60.2 Å². The summed E-state index contributed by atoms with van der Waals surface area (Å²) in [6.07, 6.45) is 11.0. The first-order chi connectivity index (χ1) is 10.1. The van der Waals surface area contributed by atoms with Crippen LogP contribution in [-0.4, -0.2) is 17.0 Å². The van der Waals surface area contributed by atoms with E-state index in [1.54, 1.807) is 0 Å². The number of aliphatic hydroxyl groups excluding tert-OH is 1. The maximum Gasteiger partial charge on any atom is 0.162 e. The van der Waals surface area contributed by atoms with Crippen LogP contribution in [0, 0.1) is 33.5 Å². The lowest BCUT2D eigenvalue weighted by molar-refractivity contribution is -0.184. The van der Waals surface area contributed by atoms with E-state index in [9.17, 15) is 9.90 Å². The van der Waals surface area contributed by atoms with Crippen LogP contribution in [0.4, 0.5) is 0 Å². The Labute approximate surface area is 134 Å². The van der Waals surface area contributed by atoms with Crippen LogP contribution in [0.25, 0.3) is 0 Å². The topological polar surface area (TPSA) is 37.3 Å². The van der Waals surface area contributed by atoms with Crippen molar-refractivity contribution in [1.82, 2.24) is 0 Å². The number of hydrogen-bond acceptors (Lipinski definition) is 2. The largest absolute Gasteiger partial charge is 0.385 e. The zero-order valence-corrected chi connectivity index (χ0v) is 14.5. The van der Waals surface area contributed by atoms with E-state index in [0.717, 1.165) is 6.42 Å². The third kappa shape index (κ3) is 1.63.